The molecule has 17 heavy (non-hydrogen) atoms. The number of aryl methyl sites for hydroxylation is 1. The number of alkyl halides is 2. The first-order valence-electron chi connectivity index (χ1n) is 4.89. The van der Waals surface area contributed by atoms with E-state index in [2.05, 4.69) is 9.72 Å². The van der Waals surface area contributed by atoms with Gasteiger partial charge in [0.2, 0.25) is 5.88 Å². The molecule has 1 rings (SSSR count). The Bertz CT molecular complexity index is 421. The summed E-state index contributed by atoms with van der Waals surface area (Å²) in [7, 11) is 2.58. The number of pyridine rings is 1. The van der Waals surface area contributed by atoms with E-state index in [1.165, 1.54) is 20.3 Å². The van der Waals surface area contributed by atoms with Gasteiger partial charge < -0.3 is 9.47 Å². The normalized spacial score (nSPS) is 10.5. The van der Waals surface area contributed by atoms with Crippen LogP contribution in [0.2, 0.25) is 0 Å². The average molecular weight is 245 g/mol. The van der Waals surface area contributed by atoms with Gasteiger partial charge in [0, 0.05) is 11.1 Å². The zero-order valence-electron chi connectivity index (χ0n) is 9.79. The molecule has 0 aliphatic carbocycles. The summed E-state index contributed by atoms with van der Waals surface area (Å²) in [5, 5.41) is 0. The lowest BCUT2D eigenvalue weighted by atomic mass is 10.1. The molecule has 0 aliphatic heterocycles. The molecule has 0 fully saturated rings. The number of esters is 1. The largest absolute Gasteiger partial charge is 0.481 e. The first kappa shape index (κ1) is 13.3. The molecular formula is C11H13F2NO3. The molecule has 0 amide bonds. The summed E-state index contributed by atoms with van der Waals surface area (Å²) in [5.41, 5.74) is 0.208. The number of ether oxygens (including phenoxy) is 2. The van der Waals surface area contributed by atoms with E-state index in [4.69, 9.17) is 4.74 Å². The Kier molecular flexibility index (Phi) is 4.37. The predicted molar refractivity (Wildman–Crippen MR) is 56.2 cm³/mol. The van der Waals surface area contributed by atoms with Crippen LogP contribution in [0.25, 0.3) is 0 Å². The number of nitrogens with zero attached hydrogens (tertiary/aromatic N) is 1. The van der Waals surface area contributed by atoms with E-state index in [1.54, 1.807) is 6.92 Å². The van der Waals surface area contributed by atoms with Gasteiger partial charge in [-0.1, -0.05) is 0 Å². The van der Waals surface area contributed by atoms with Crippen molar-refractivity contribution < 1.29 is 23.0 Å². The second kappa shape index (κ2) is 5.56. The van der Waals surface area contributed by atoms with Gasteiger partial charge in [-0.15, -0.1) is 0 Å². The maximum Gasteiger partial charge on any atom is 0.311 e. The molecule has 94 valence electrons. The van der Waals surface area contributed by atoms with Crippen molar-refractivity contribution in [2.24, 2.45) is 0 Å². The van der Waals surface area contributed by atoms with Crippen molar-refractivity contribution in [2.45, 2.75) is 19.8 Å². The third-order valence-corrected chi connectivity index (χ3v) is 2.25. The number of rotatable bonds is 4. The second-order valence-corrected chi connectivity index (χ2v) is 3.40. The van der Waals surface area contributed by atoms with Gasteiger partial charge in [-0.2, -0.15) is 0 Å². The number of halogens is 2. The van der Waals surface area contributed by atoms with Gasteiger partial charge in [0.15, 0.2) is 0 Å². The highest BCUT2D eigenvalue weighted by atomic mass is 19.3. The zero-order valence-corrected chi connectivity index (χ0v) is 9.79. The van der Waals surface area contributed by atoms with E-state index in [9.17, 15) is 13.6 Å². The number of carbonyl (C=O) groups is 1. The van der Waals surface area contributed by atoms with Gasteiger partial charge in [0.25, 0.3) is 6.43 Å². The number of methoxy groups -OCH3 is 2. The fraction of sp³-hybridized carbons (Fsp3) is 0.455. The molecular weight excluding hydrogens is 232 g/mol. The zero-order chi connectivity index (χ0) is 13.0. The molecule has 0 aromatic carbocycles. The lowest BCUT2D eigenvalue weighted by Crippen LogP contribution is -2.10. The van der Waals surface area contributed by atoms with Crippen LogP contribution < -0.4 is 4.74 Å². The molecule has 1 aromatic heterocycles. The van der Waals surface area contributed by atoms with Crippen molar-refractivity contribution in [1.29, 1.82) is 0 Å². The molecule has 0 spiro atoms. The van der Waals surface area contributed by atoms with Crippen LogP contribution in [0, 0.1) is 6.92 Å². The van der Waals surface area contributed by atoms with Crippen LogP contribution in [-0.2, 0) is 16.0 Å². The maximum absolute atomic E-state index is 12.8. The minimum absolute atomic E-state index is 0.0192. The molecule has 0 saturated heterocycles. The fourth-order valence-electron chi connectivity index (χ4n) is 1.40. The highest BCUT2D eigenvalue weighted by Crippen LogP contribution is 2.27. The molecule has 0 N–H and O–H groups in total. The van der Waals surface area contributed by atoms with Gasteiger partial charge in [0.05, 0.1) is 26.3 Å². The van der Waals surface area contributed by atoms with Gasteiger partial charge in [-0.05, 0) is 13.0 Å². The van der Waals surface area contributed by atoms with Crippen LogP contribution in [0.1, 0.15) is 23.2 Å². The van der Waals surface area contributed by atoms with Crippen LogP contribution >= 0.6 is 0 Å². The molecule has 0 atom stereocenters. The molecule has 1 aromatic rings. The molecule has 1 heterocycles. The molecule has 4 nitrogen and oxygen atoms in total. The summed E-state index contributed by atoms with van der Waals surface area (Å²) in [6.07, 6.45) is -2.99. The number of hydrogen-bond acceptors (Lipinski definition) is 4. The van der Waals surface area contributed by atoms with Gasteiger partial charge in [-0.25, -0.2) is 13.8 Å². The first-order valence-corrected chi connectivity index (χ1v) is 4.89. The summed E-state index contributed by atoms with van der Waals surface area (Å²) in [6.45, 7) is 1.61. The van der Waals surface area contributed by atoms with E-state index in [1.807, 2.05) is 0 Å². The van der Waals surface area contributed by atoms with Gasteiger partial charge in [-0.3, -0.25) is 4.79 Å². The summed E-state index contributed by atoms with van der Waals surface area (Å²) in [4.78, 5) is 15.0. The average Bonchev–Trinajstić information content (AvgIpc) is 2.30. The van der Waals surface area contributed by atoms with E-state index >= 15 is 0 Å². The maximum atomic E-state index is 12.8. The smallest absolute Gasteiger partial charge is 0.311 e. The highest BCUT2D eigenvalue weighted by molar-refractivity contribution is 5.72. The van der Waals surface area contributed by atoms with E-state index in [-0.39, 0.29) is 23.6 Å². The number of carbonyl (C=O) groups excluding carboxylic acids is 1. The lowest BCUT2D eigenvalue weighted by Gasteiger charge is -2.11. The third kappa shape index (κ3) is 3.12. The Labute approximate surface area is 97.6 Å². The standard InChI is InChI=1S/C11H13F2NO3/c1-6-4-7(10(12)13)8(5-9(15)16-2)14-11(6)17-3/h4,10H,5H2,1-3H3. The predicted octanol–water partition coefficient (Wildman–Crippen LogP) is 2.05. The molecule has 0 saturated carbocycles. The van der Waals surface area contributed by atoms with Crippen LogP contribution in [0.15, 0.2) is 6.07 Å². The van der Waals surface area contributed by atoms with Crippen molar-refractivity contribution in [3.63, 3.8) is 0 Å². The van der Waals surface area contributed by atoms with E-state index in [0.29, 0.717) is 5.56 Å². The minimum atomic E-state index is -2.69. The molecule has 6 heteroatoms. The quantitative estimate of drug-likeness (QED) is 0.762. The molecule has 0 bridgehead atoms. The number of hydrogen-bond donors (Lipinski definition) is 0. The van der Waals surface area contributed by atoms with Gasteiger partial charge in [0.1, 0.15) is 0 Å². The summed E-state index contributed by atoms with van der Waals surface area (Å²) < 4.78 is 34.9. The summed E-state index contributed by atoms with van der Waals surface area (Å²) in [5.74, 6) is -0.390. The Morgan fingerprint density at radius 2 is 2.12 bits per heavy atom. The van der Waals surface area contributed by atoms with Crippen LogP contribution in [-0.4, -0.2) is 25.2 Å². The molecule has 0 radical (unpaired) electrons. The van der Waals surface area contributed by atoms with Crippen molar-refractivity contribution in [3.05, 3.63) is 22.9 Å². The first-order chi connectivity index (χ1) is 7.99. The number of aromatic nitrogens is 1. The van der Waals surface area contributed by atoms with Crippen molar-refractivity contribution in [1.82, 2.24) is 4.98 Å². The molecule has 0 aliphatic rings. The SMILES string of the molecule is COC(=O)Cc1nc(OC)c(C)cc1C(F)F. The fourth-order valence-corrected chi connectivity index (χ4v) is 1.40. The van der Waals surface area contributed by atoms with Gasteiger partial charge >= 0.3 is 5.97 Å². The second-order valence-electron chi connectivity index (χ2n) is 3.40. The minimum Gasteiger partial charge on any atom is -0.481 e. The monoisotopic (exact) mass is 245 g/mol. The van der Waals surface area contributed by atoms with Crippen LogP contribution in [0.5, 0.6) is 5.88 Å². The molecule has 0 unspecified atom stereocenters. The van der Waals surface area contributed by atoms with E-state index in [0.717, 1.165) is 0 Å². The highest BCUT2D eigenvalue weighted by Gasteiger charge is 2.19. The Balaban J connectivity index is 3.19. The van der Waals surface area contributed by atoms with Crippen LogP contribution in [0.4, 0.5) is 8.78 Å². The van der Waals surface area contributed by atoms with Crippen molar-refractivity contribution in [3.8, 4) is 5.88 Å². The van der Waals surface area contributed by atoms with Crippen molar-refractivity contribution in [2.75, 3.05) is 14.2 Å². The Morgan fingerprint density at radius 3 is 2.59 bits per heavy atom. The van der Waals surface area contributed by atoms with Crippen LogP contribution in [0.3, 0.4) is 0 Å². The summed E-state index contributed by atoms with van der Waals surface area (Å²) >= 11 is 0. The Hall–Kier alpha value is -1.72. The topological polar surface area (TPSA) is 48.4 Å². The Morgan fingerprint density at radius 1 is 1.47 bits per heavy atom. The lowest BCUT2D eigenvalue weighted by molar-refractivity contribution is -0.139. The van der Waals surface area contributed by atoms with E-state index < -0.39 is 12.4 Å². The van der Waals surface area contributed by atoms with Crippen molar-refractivity contribution >= 4 is 5.97 Å². The third-order valence-electron chi connectivity index (χ3n) is 2.25. The summed E-state index contributed by atoms with van der Waals surface area (Å²) in [6, 6.07) is 1.27.